The number of aryl methyl sites for hydroxylation is 1. The topological polar surface area (TPSA) is 132 Å². The van der Waals surface area contributed by atoms with Gasteiger partial charge in [0.15, 0.2) is 0 Å². The number of pyridine rings is 1. The molecule has 5 rings (SSSR count). The molecule has 0 saturated carbocycles. The monoisotopic (exact) mass is 584 g/mol. The van der Waals surface area contributed by atoms with Gasteiger partial charge in [-0.05, 0) is 37.3 Å². The summed E-state index contributed by atoms with van der Waals surface area (Å²) in [5.74, 6) is -1.20. The number of carboxylic acid groups (broad SMARTS) is 1. The zero-order chi connectivity index (χ0) is 29.5. The highest BCUT2D eigenvalue weighted by Crippen LogP contribution is 2.27. The Labute approximate surface area is 236 Å². The fourth-order valence-corrected chi connectivity index (χ4v) is 6.89. The maximum Gasteiger partial charge on any atom is 0.341 e. The summed E-state index contributed by atoms with van der Waals surface area (Å²) < 4.78 is 44.1. The number of carbonyl (C=O) groups is 1. The lowest BCUT2D eigenvalue weighted by atomic mass is 10.1. The molecule has 0 amide bonds. The number of aromatic amines is 1. The molecule has 0 spiro atoms. The summed E-state index contributed by atoms with van der Waals surface area (Å²) in [6.45, 7) is 9.53. The Morgan fingerprint density at radius 3 is 2.44 bits per heavy atom. The highest BCUT2D eigenvalue weighted by atomic mass is 32.2. The number of halogens is 1. The summed E-state index contributed by atoms with van der Waals surface area (Å²) in [5.41, 5.74) is 1.11. The number of fused-ring (bicyclic) bond motifs is 2. The lowest BCUT2D eigenvalue weighted by molar-refractivity contribution is 0.0694. The molecule has 41 heavy (non-hydrogen) atoms. The van der Waals surface area contributed by atoms with Crippen LogP contribution in [0.15, 0.2) is 46.2 Å². The molecule has 1 aliphatic heterocycles. The molecule has 0 unspecified atom stereocenters. The van der Waals surface area contributed by atoms with E-state index in [1.54, 1.807) is 28.8 Å². The number of carboxylic acids is 1. The molecule has 13 heteroatoms. The second-order valence-corrected chi connectivity index (χ2v) is 11.9. The highest BCUT2D eigenvalue weighted by molar-refractivity contribution is 7.89. The molecule has 4 aromatic rings. The molecular weight excluding hydrogens is 551 g/mol. The third-order valence-corrected chi connectivity index (χ3v) is 9.70. The van der Waals surface area contributed by atoms with Gasteiger partial charge in [0.05, 0.1) is 33.7 Å². The van der Waals surface area contributed by atoms with Crippen molar-refractivity contribution in [1.82, 2.24) is 23.7 Å². The minimum absolute atomic E-state index is 0.0459. The number of hydrogen-bond acceptors (Lipinski definition) is 7. The molecular formula is C28H33FN6O5S. The maximum absolute atomic E-state index is 15.2. The molecule has 0 atom stereocenters. The molecule has 3 heterocycles. The van der Waals surface area contributed by atoms with E-state index in [1.807, 2.05) is 25.7 Å². The molecule has 0 radical (unpaired) electrons. The highest BCUT2D eigenvalue weighted by Gasteiger charge is 2.25. The van der Waals surface area contributed by atoms with Gasteiger partial charge in [-0.1, -0.05) is 13.8 Å². The van der Waals surface area contributed by atoms with Gasteiger partial charge in [-0.25, -0.2) is 22.6 Å². The summed E-state index contributed by atoms with van der Waals surface area (Å²) in [4.78, 5) is 36.4. The summed E-state index contributed by atoms with van der Waals surface area (Å²) in [6.07, 6.45) is 1.31. The van der Waals surface area contributed by atoms with Crippen molar-refractivity contribution in [3.63, 3.8) is 0 Å². The van der Waals surface area contributed by atoms with Crippen LogP contribution >= 0.6 is 0 Å². The van der Waals surface area contributed by atoms with E-state index in [0.29, 0.717) is 80.4 Å². The summed E-state index contributed by atoms with van der Waals surface area (Å²) in [5, 5.41) is 9.42. The first kappa shape index (κ1) is 28.7. The Kier molecular flexibility index (Phi) is 7.86. The molecule has 0 aliphatic carbocycles. The van der Waals surface area contributed by atoms with Crippen LogP contribution < -0.4 is 10.3 Å². The van der Waals surface area contributed by atoms with E-state index in [-0.39, 0.29) is 15.8 Å². The first-order chi connectivity index (χ1) is 19.6. The number of aromatic carboxylic acids is 1. The second kappa shape index (κ2) is 11.2. The van der Waals surface area contributed by atoms with Crippen molar-refractivity contribution in [3.05, 3.63) is 64.0 Å². The fourth-order valence-electron chi connectivity index (χ4n) is 5.40. The van der Waals surface area contributed by atoms with Crippen LogP contribution in [-0.4, -0.2) is 82.5 Å². The Morgan fingerprint density at radius 2 is 1.80 bits per heavy atom. The average Bonchev–Trinajstić information content (AvgIpc) is 3.35. The van der Waals surface area contributed by atoms with Gasteiger partial charge in [0.1, 0.15) is 17.2 Å². The normalized spacial score (nSPS) is 14.9. The predicted octanol–water partition coefficient (Wildman–Crippen LogP) is 3.09. The Morgan fingerprint density at radius 1 is 1.10 bits per heavy atom. The van der Waals surface area contributed by atoms with Gasteiger partial charge in [-0.2, -0.15) is 4.31 Å². The Bertz CT molecular complexity index is 1790. The van der Waals surface area contributed by atoms with Crippen LogP contribution in [0.3, 0.4) is 0 Å². The molecule has 1 fully saturated rings. The van der Waals surface area contributed by atoms with E-state index in [1.165, 1.54) is 10.5 Å². The van der Waals surface area contributed by atoms with Gasteiger partial charge in [0, 0.05) is 57.4 Å². The smallest absolute Gasteiger partial charge is 0.341 e. The number of H-pyrrole nitrogens is 1. The summed E-state index contributed by atoms with van der Waals surface area (Å²) in [6, 6.07) is 7.68. The number of benzene rings is 2. The molecule has 11 nitrogen and oxygen atoms in total. The molecule has 2 N–H and O–H groups in total. The van der Waals surface area contributed by atoms with Gasteiger partial charge in [0.25, 0.3) is 0 Å². The van der Waals surface area contributed by atoms with Crippen LogP contribution in [0, 0.1) is 5.82 Å². The van der Waals surface area contributed by atoms with Crippen molar-refractivity contribution in [2.45, 2.75) is 38.8 Å². The Hall–Kier alpha value is -3.81. The van der Waals surface area contributed by atoms with Crippen molar-refractivity contribution in [2.75, 3.05) is 44.2 Å². The van der Waals surface area contributed by atoms with Gasteiger partial charge in [-0.3, -0.25) is 9.69 Å². The first-order valence-electron chi connectivity index (χ1n) is 13.6. The van der Waals surface area contributed by atoms with E-state index < -0.39 is 27.2 Å². The van der Waals surface area contributed by atoms with Crippen LogP contribution in [0.5, 0.6) is 0 Å². The van der Waals surface area contributed by atoms with Crippen LogP contribution in [0.1, 0.15) is 37.0 Å². The predicted molar refractivity (Wildman–Crippen MR) is 154 cm³/mol. The minimum Gasteiger partial charge on any atom is -0.477 e. The quantitative estimate of drug-likeness (QED) is 0.307. The lowest BCUT2D eigenvalue weighted by Crippen LogP contribution is -2.46. The number of imidazole rings is 1. The average molecular weight is 585 g/mol. The van der Waals surface area contributed by atoms with E-state index in [4.69, 9.17) is 0 Å². The minimum atomic E-state index is -3.58. The molecule has 2 aromatic heterocycles. The number of nitrogens with one attached hydrogen (secondary N) is 1. The number of sulfonamides is 1. The number of hydrogen-bond donors (Lipinski definition) is 2. The van der Waals surface area contributed by atoms with Gasteiger partial charge in [0.2, 0.25) is 15.5 Å². The number of piperazine rings is 1. The van der Waals surface area contributed by atoms with Crippen LogP contribution in [0.4, 0.5) is 10.1 Å². The third kappa shape index (κ3) is 5.32. The molecule has 218 valence electrons. The summed E-state index contributed by atoms with van der Waals surface area (Å²) >= 11 is 0. The van der Waals surface area contributed by atoms with Gasteiger partial charge < -0.3 is 19.6 Å². The van der Waals surface area contributed by atoms with Gasteiger partial charge in [-0.15, -0.1) is 0 Å². The number of rotatable bonds is 9. The van der Waals surface area contributed by atoms with Crippen molar-refractivity contribution >= 4 is 43.6 Å². The second-order valence-electron chi connectivity index (χ2n) is 10.00. The maximum atomic E-state index is 15.2. The zero-order valence-corrected chi connectivity index (χ0v) is 24.0. The standard InChI is InChI=1S/C28H33FN6O5S/c1-4-33-16-20(28(37)38)27(36)19-14-21(29)25(15-24(19)33)34-11-9-32(10-12-34)17-26-30-22-8-7-18(13-23(22)31-26)41(39,40)35(5-2)6-3/h7-8,13-16H,4-6,9-12,17H2,1-3H3,(H,30,31)(H,37,38). The van der Waals surface area contributed by atoms with Crippen LogP contribution in [0.2, 0.25) is 0 Å². The van der Waals surface area contributed by atoms with Gasteiger partial charge >= 0.3 is 5.97 Å². The number of aromatic nitrogens is 3. The largest absolute Gasteiger partial charge is 0.477 e. The molecule has 2 aromatic carbocycles. The van der Waals surface area contributed by atoms with E-state index in [9.17, 15) is 23.1 Å². The van der Waals surface area contributed by atoms with E-state index >= 15 is 4.39 Å². The first-order valence-corrected chi connectivity index (χ1v) is 15.1. The van der Waals surface area contributed by atoms with E-state index in [0.717, 1.165) is 6.07 Å². The van der Waals surface area contributed by atoms with Crippen LogP contribution in [0.25, 0.3) is 21.9 Å². The van der Waals surface area contributed by atoms with Crippen molar-refractivity contribution < 1.29 is 22.7 Å². The zero-order valence-electron chi connectivity index (χ0n) is 23.2. The van der Waals surface area contributed by atoms with Crippen LogP contribution in [-0.2, 0) is 23.1 Å². The molecule has 0 bridgehead atoms. The lowest BCUT2D eigenvalue weighted by Gasteiger charge is -2.36. The SMILES string of the molecule is CCN(CC)S(=O)(=O)c1ccc2nc(CN3CCN(c4cc5c(cc4F)c(=O)c(C(=O)O)cn5CC)CC3)[nH]c2c1. The van der Waals surface area contributed by atoms with Crippen molar-refractivity contribution in [1.29, 1.82) is 0 Å². The Balaban J connectivity index is 1.32. The molecule has 1 saturated heterocycles. The number of nitrogens with zero attached hydrogens (tertiary/aromatic N) is 5. The van der Waals surface area contributed by atoms with Crippen molar-refractivity contribution in [3.8, 4) is 0 Å². The molecule has 1 aliphatic rings. The number of anilines is 1. The summed E-state index contributed by atoms with van der Waals surface area (Å²) in [7, 11) is -3.58. The van der Waals surface area contributed by atoms with E-state index in [2.05, 4.69) is 14.9 Å². The fraction of sp³-hybridized carbons (Fsp3) is 0.393. The van der Waals surface area contributed by atoms with Crippen molar-refractivity contribution in [2.24, 2.45) is 0 Å². The third-order valence-electron chi connectivity index (χ3n) is 7.65.